The zero-order valence-electron chi connectivity index (χ0n) is 14.1. The van der Waals surface area contributed by atoms with Crippen LogP contribution in [0.5, 0.6) is 0 Å². The predicted molar refractivity (Wildman–Crippen MR) is 105 cm³/mol. The number of halogens is 1. The Labute approximate surface area is 163 Å². The van der Waals surface area contributed by atoms with Crippen LogP contribution in [0.4, 0.5) is 5.69 Å². The van der Waals surface area contributed by atoms with E-state index in [1.54, 1.807) is 18.9 Å². The van der Waals surface area contributed by atoms with Gasteiger partial charge in [0, 0.05) is 25.7 Å². The van der Waals surface area contributed by atoms with Crippen molar-refractivity contribution in [2.24, 2.45) is 4.99 Å². The molecule has 2 N–H and O–H groups in total. The predicted octanol–water partition coefficient (Wildman–Crippen LogP) is 1.47. The van der Waals surface area contributed by atoms with Crippen molar-refractivity contribution in [3.05, 3.63) is 42.0 Å². The van der Waals surface area contributed by atoms with E-state index in [0.717, 1.165) is 5.69 Å². The first-order chi connectivity index (χ1) is 11.7. The van der Waals surface area contributed by atoms with Crippen molar-refractivity contribution in [3.63, 3.8) is 0 Å². The number of amides is 1. The molecule has 1 fully saturated rings. The number of carbonyl (C=O) groups excluding carboxylic acids is 1. The van der Waals surface area contributed by atoms with Gasteiger partial charge in [-0.2, -0.15) is 4.98 Å². The molecule has 1 amide bonds. The normalized spacial score (nSPS) is 17.4. The Balaban J connectivity index is 0.00000225. The topological polar surface area (TPSA) is 95.6 Å². The maximum absolute atomic E-state index is 12.2. The largest absolute Gasteiger partial charge is 0.351 e. The number of hydrogen-bond acceptors (Lipinski definition) is 5. The Morgan fingerprint density at radius 3 is 2.80 bits per heavy atom. The second-order valence-corrected chi connectivity index (χ2v) is 5.55. The molecule has 2 aromatic rings. The summed E-state index contributed by atoms with van der Waals surface area (Å²) in [6.07, 6.45) is 0.426. The highest BCUT2D eigenvalue weighted by molar-refractivity contribution is 14.0. The van der Waals surface area contributed by atoms with Gasteiger partial charge < -0.3 is 20.1 Å². The fourth-order valence-electron chi connectivity index (χ4n) is 2.62. The summed E-state index contributed by atoms with van der Waals surface area (Å²) >= 11 is 0. The molecule has 1 aliphatic heterocycles. The number of anilines is 1. The standard InChI is InChI=1S/C16H20N6O2.HI/c1-11-19-14(24-21-11)9-18-16(17-2)20-12-8-15(23)22(10-12)13-6-4-3-5-7-13;/h3-7,12H,8-10H2,1-2H3,(H2,17,18,20);1H. The fraction of sp³-hybridized carbons (Fsp3) is 0.375. The molecular weight excluding hydrogens is 435 g/mol. The van der Waals surface area contributed by atoms with E-state index in [2.05, 4.69) is 25.8 Å². The molecule has 25 heavy (non-hydrogen) atoms. The number of hydrogen-bond donors (Lipinski definition) is 2. The molecule has 134 valence electrons. The second-order valence-electron chi connectivity index (χ2n) is 5.55. The lowest BCUT2D eigenvalue weighted by Crippen LogP contribution is -2.44. The van der Waals surface area contributed by atoms with E-state index >= 15 is 0 Å². The highest BCUT2D eigenvalue weighted by atomic mass is 127. The van der Waals surface area contributed by atoms with Crippen LogP contribution in [0.15, 0.2) is 39.8 Å². The number of aliphatic imine (C=N–C) groups is 1. The minimum atomic E-state index is -0.00618. The molecule has 1 aliphatic rings. The van der Waals surface area contributed by atoms with Gasteiger partial charge in [-0.15, -0.1) is 24.0 Å². The maximum Gasteiger partial charge on any atom is 0.246 e. The molecule has 1 saturated heterocycles. The third-order valence-electron chi connectivity index (χ3n) is 3.73. The average molecular weight is 456 g/mol. The van der Waals surface area contributed by atoms with Crippen LogP contribution in [0, 0.1) is 6.92 Å². The Morgan fingerprint density at radius 1 is 1.40 bits per heavy atom. The minimum absolute atomic E-state index is 0. The summed E-state index contributed by atoms with van der Waals surface area (Å²) in [4.78, 5) is 22.3. The van der Waals surface area contributed by atoms with Gasteiger partial charge in [-0.25, -0.2) is 0 Å². The first kappa shape index (κ1) is 19.2. The van der Waals surface area contributed by atoms with Crippen molar-refractivity contribution < 1.29 is 9.32 Å². The van der Waals surface area contributed by atoms with E-state index in [1.807, 2.05) is 30.3 Å². The molecule has 0 spiro atoms. The van der Waals surface area contributed by atoms with E-state index in [9.17, 15) is 4.79 Å². The lowest BCUT2D eigenvalue weighted by molar-refractivity contribution is -0.117. The van der Waals surface area contributed by atoms with Gasteiger partial charge in [0.2, 0.25) is 11.8 Å². The van der Waals surface area contributed by atoms with Crippen molar-refractivity contribution in [1.29, 1.82) is 0 Å². The van der Waals surface area contributed by atoms with Crippen LogP contribution in [0.25, 0.3) is 0 Å². The molecule has 0 radical (unpaired) electrons. The van der Waals surface area contributed by atoms with Gasteiger partial charge in [0.05, 0.1) is 12.6 Å². The van der Waals surface area contributed by atoms with E-state index in [4.69, 9.17) is 4.52 Å². The Kier molecular flexibility index (Phi) is 6.73. The molecule has 8 nitrogen and oxygen atoms in total. The first-order valence-electron chi connectivity index (χ1n) is 7.77. The second kappa shape index (κ2) is 8.79. The summed E-state index contributed by atoms with van der Waals surface area (Å²) in [5, 5.41) is 10.1. The van der Waals surface area contributed by atoms with Crippen LogP contribution in [0.2, 0.25) is 0 Å². The maximum atomic E-state index is 12.2. The molecule has 2 heterocycles. The zero-order valence-corrected chi connectivity index (χ0v) is 16.4. The van der Waals surface area contributed by atoms with Crippen LogP contribution in [0.1, 0.15) is 18.1 Å². The fourth-order valence-corrected chi connectivity index (χ4v) is 2.62. The van der Waals surface area contributed by atoms with Crippen LogP contribution in [-0.2, 0) is 11.3 Å². The summed E-state index contributed by atoms with van der Waals surface area (Å²) in [6.45, 7) is 2.75. The van der Waals surface area contributed by atoms with Crippen LogP contribution >= 0.6 is 24.0 Å². The molecule has 1 aromatic heterocycles. The number of carbonyl (C=O) groups is 1. The quantitative estimate of drug-likeness (QED) is 0.411. The van der Waals surface area contributed by atoms with Crippen molar-refractivity contribution in [3.8, 4) is 0 Å². The number of guanidine groups is 1. The lowest BCUT2D eigenvalue weighted by atomic mass is 10.2. The van der Waals surface area contributed by atoms with Gasteiger partial charge in [-0.05, 0) is 19.1 Å². The zero-order chi connectivity index (χ0) is 16.9. The molecular formula is C16H21IN6O2. The summed E-state index contributed by atoms with van der Waals surface area (Å²) < 4.78 is 5.05. The van der Waals surface area contributed by atoms with Gasteiger partial charge in [0.15, 0.2) is 11.8 Å². The minimum Gasteiger partial charge on any atom is -0.351 e. The first-order valence-corrected chi connectivity index (χ1v) is 7.77. The monoisotopic (exact) mass is 456 g/mol. The summed E-state index contributed by atoms with van der Waals surface area (Å²) in [6, 6.07) is 9.65. The highest BCUT2D eigenvalue weighted by Gasteiger charge is 2.31. The molecule has 1 unspecified atom stereocenters. The molecule has 0 saturated carbocycles. The number of aromatic nitrogens is 2. The Bertz CT molecular complexity index is 733. The molecule has 0 bridgehead atoms. The van der Waals surface area contributed by atoms with E-state index < -0.39 is 0 Å². The van der Waals surface area contributed by atoms with E-state index in [1.165, 1.54) is 0 Å². The number of benzene rings is 1. The summed E-state index contributed by atoms with van der Waals surface area (Å²) in [5.74, 6) is 1.78. The highest BCUT2D eigenvalue weighted by Crippen LogP contribution is 2.20. The van der Waals surface area contributed by atoms with Gasteiger partial charge in [-0.1, -0.05) is 23.4 Å². The van der Waals surface area contributed by atoms with Crippen LogP contribution < -0.4 is 15.5 Å². The number of para-hydroxylation sites is 1. The number of rotatable bonds is 4. The van der Waals surface area contributed by atoms with Gasteiger partial charge in [0.1, 0.15) is 0 Å². The van der Waals surface area contributed by atoms with E-state index in [0.29, 0.717) is 37.2 Å². The Morgan fingerprint density at radius 2 is 2.16 bits per heavy atom. The number of aryl methyl sites for hydroxylation is 1. The van der Waals surface area contributed by atoms with Crippen LogP contribution in [-0.4, -0.2) is 41.6 Å². The van der Waals surface area contributed by atoms with Gasteiger partial charge in [-0.3, -0.25) is 9.79 Å². The molecule has 3 rings (SSSR count). The third kappa shape index (κ3) is 4.91. The molecule has 0 aliphatic carbocycles. The third-order valence-corrected chi connectivity index (χ3v) is 3.73. The SMILES string of the molecule is CN=C(NCc1nc(C)no1)NC1CC(=O)N(c2ccccc2)C1.I. The number of nitrogens with one attached hydrogen (secondary N) is 2. The molecule has 9 heteroatoms. The van der Waals surface area contributed by atoms with E-state index in [-0.39, 0.29) is 35.9 Å². The summed E-state index contributed by atoms with van der Waals surface area (Å²) in [5.41, 5.74) is 0.913. The lowest BCUT2D eigenvalue weighted by Gasteiger charge is -2.18. The van der Waals surface area contributed by atoms with Crippen LogP contribution in [0.3, 0.4) is 0 Å². The number of nitrogens with zero attached hydrogens (tertiary/aromatic N) is 4. The molecule has 1 aromatic carbocycles. The van der Waals surface area contributed by atoms with Crippen molar-refractivity contribution in [2.75, 3.05) is 18.5 Å². The van der Waals surface area contributed by atoms with Crippen molar-refractivity contribution >= 4 is 41.5 Å². The van der Waals surface area contributed by atoms with Crippen molar-refractivity contribution in [2.45, 2.75) is 25.9 Å². The summed E-state index contributed by atoms with van der Waals surface area (Å²) in [7, 11) is 1.68. The molecule has 1 atom stereocenters. The van der Waals surface area contributed by atoms with Crippen molar-refractivity contribution in [1.82, 2.24) is 20.8 Å². The van der Waals surface area contributed by atoms with Gasteiger partial charge in [0.25, 0.3) is 0 Å². The average Bonchev–Trinajstić information content (AvgIpc) is 3.17. The Hall–Kier alpha value is -2.17. The van der Waals surface area contributed by atoms with Gasteiger partial charge >= 0.3 is 0 Å². The smallest absolute Gasteiger partial charge is 0.246 e.